The van der Waals surface area contributed by atoms with Crippen molar-refractivity contribution >= 4 is 27.2 Å². The number of hydrogen-bond donors (Lipinski definition) is 3. The number of rotatable bonds is 6. The molecule has 0 radical (unpaired) electrons. The second-order valence-electron chi connectivity index (χ2n) is 7.55. The van der Waals surface area contributed by atoms with Crippen LogP contribution in [0, 0.1) is 0 Å². The molecule has 4 N–H and O–H groups in total. The van der Waals surface area contributed by atoms with Crippen LogP contribution in [-0.4, -0.2) is 31.9 Å². The van der Waals surface area contributed by atoms with E-state index >= 15 is 0 Å². The van der Waals surface area contributed by atoms with Crippen LogP contribution >= 0.6 is 11.3 Å². The Morgan fingerprint density at radius 3 is 2.39 bits per heavy atom. The molecule has 0 aliphatic rings. The molecule has 166 valence electrons. The van der Waals surface area contributed by atoms with Crippen molar-refractivity contribution in [1.82, 2.24) is 14.5 Å². The van der Waals surface area contributed by atoms with Gasteiger partial charge in [0.25, 0.3) is 0 Å². The summed E-state index contributed by atoms with van der Waals surface area (Å²) >= 11 is 1.50. The van der Waals surface area contributed by atoms with Crippen molar-refractivity contribution in [3.63, 3.8) is 0 Å². The highest BCUT2D eigenvalue weighted by molar-refractivity contribution is 7.22. The zero-order valence-electron chi connectivity index (χ0n) is 17.9. The third-order valence-corrected chi connectivity index (χ3v) is 6.72. The molecule has 5 rings (SSSR count). The number of aliphatic hydroxyl groups is 2. The fourth-order valence-corrected chi connectivity index (χ4v) is 5.01. The molecule has 0 aliphatic heterocycles. The van der Waals surface area contributed by atoms with Crippen LogP contribution in [0.25, 0.3) is 37.7 Å². The molecule has 2 heterocycles. The lowest BCUT2D eigenvalue weighted by Gasteiger charge is -2.11. The molecule has 0 bridgehead atoms. The fourth-order valence-electron chi connectivity index (χ4n) is 3.91. The van der Waals surface area contributed by atoms with Gasteiger partial charge in [-0.05, 0) is 48.0 Å². The van der Waals surface area contributed by atoms with Gasteiger partial charge in [0.2, 0.25) is 0 Å². The van der Waals surface area contributed by atoms with Gasteiger partial charge in [0.05, 0.1) is 48.8 Å². The predicted octanol–water partition coefficient (Wildman–Crippen LogP) is 4.39. The van der Waals surface area contributed by atoms with Gasteiger partial charge in [-0.1, -0.05) is 12.1 Å². The minimum Gasteiger partial charge on any atom is -0.495 e. The molecule has 0 atom stereocenters. The summed E-state index contributed by atoms with van der Waals surface area (Å²) in [7, 11) is 1.56. The fraction of sp³-hybridized carbons (Fsp3) is 0.120. The number of nitrogens with zero attached hydrogens (tertiary/aromatic N) is 3. The van der Waals surface area contributed by atoms with Crippen molar-refractivity contribution in [2.24, 2.45) is 0 Å². The van der Waals surface area contributed by atoms with Crippen LogP contribution in [-0.2, 0) is 13.2 Å². The number of hydrogen-bond acceptors (Lipinski definition) is 7. The van der Waals surface area contributed by atoms with Crippen molar-refractivity contribution < 1.29 is 14.9 Å². The molecule has 7 nitrogen and oxygen atoms in total. The molecule has 0 saturated heterocycles. The van der Waals surface area contributed by atoms with Gasteiger partial charge >= 0.3 is 0 Å². The highest BCUT2D eigenvalue weighted by Crippen LogP contribution is 2.40. The molecule has 8 heteroatoms. The molecule has 3 aromatic carbocycles. The molecule has 5 aromatic rings. The average Bonchev–Trinajstić information content (AvgIpc) is 3.50. The molecule has 2 aromatic heterocycles. The number of nitrogens with two attached hydrogens (primary N) is 1. The number of methoxy groups -OCH3 is 1. The summed E-state index contributed by atoms with van der Waals surface area (Å²) in [6, 6.07) is 17.6. The number of fused-ring (bicyclic) bond motifs is 1. The number of ether oxygens (including phenoxy) is 1. The molecule has 0 aliphatic carbocycles. The van der Waals surface area contributed by atoms with Gasteiger partial charge < -0.3 is 20.7 Å². The van der Waals surface area contributed by atoms with Crippen LogP contribution in [0.5, 0.6) is 5.75 Å². The van der Waals surface area contributed by atoms with Gasteiger partial charge in [-0.3, -0.25) is 4.57 Å². The molecular formula is C25H22N4O3S. The first-order valence-corrected chi connectivity index (χ1v) is 11.1. The second kappa shape index (κ2) is 8.67. The standard InChI is InChI=1S/C25H22N4O3S/c1-32-23-20(13-31)17(12-30)10-21-24(23)33-25(28-21)16-4-8-19(9-5-16)29-14-27-11-22(29)15-2-6-18(26)7-3-15/h2-11,14,30-31H,12-13,26H2,1H3. The monoisotopic (exact) mass is 458 g/mol. The topological polar surface area (TPSA) is 106 Å². The van der Waals surface area contributed by atoms with Gasteiger partial charge in [-0.25, -0.2) is 9.97 Å². The summed E-state index contributed by atoms with van der Waals surface area (Å²) in [6.45, 7) is -0.400. The van der Waals surface area contributed by atoms with Crippen LogP contribution in [0.1, 0.15) is 11.1 Å². The average molecular weight is 459 g/mol. The summed E-state index contributed by atoms with van der Waals surface area (Å²) < 4.78 is 8.42. The summed E-state index contributed by atoms with van der Waals surface area (Å²) in [6.07, 6.45) is 3.62. The SMILES string of the molecule is COc1c(CO)c(CO)cc2nc(-c3ccc(-n4cncc4-c4ccc(N)cc4)cc3)sc12. The highest BCUT2D eigenvalue weighted by atomic mass is 32.1. The van der Waals surface area contributed by atoms with Crippen LogP contribution in [0.15, 0.2) is 67.1 Å². The van der Waals surface area contributed by atoms with Gasteiger partial charge in [0.15, 0.2) is 0 Å². The summed E-state index contributed by atoms with van der Waals surface area (Å²) in [5.41, 5.74) is 12.4. The van der Waals surface area contributed by atoms with Crippen LogP contribution < -0.4 is 10.5 Å². The quantitative estimate of drug-likeness (QED) is 0.326. The van der Waals surface area contributed by atoms with E-state index in [2.05, 4.69) is 4.98 Å². The maximum absolute atomic E-state index is 9.76. The molecule has 33 heavy (non-hydrogen) atoms. The summed E-state index contributed by atoms with van der Waals surface area (Å²) in [5.74, 6) is 0.561. The third kappa shape index (κ3) is 3.74. The lowest BCUT2D eigenvalue weighted by molar-refractivity contribution is 0.254. The van der Waals surface area contributed by atoms with Crippen LogP contribution in [0.2, 0.25) is 0 Å². The molecule has 0 spiro atoms. The van der Waals surface area contributed by atoms with E-state index in [-0.39, 0.29) is 13.2 Å². The second-order valence-corrected chi connectivity index (χ2v) is 8.55. The number of nitrogen functional groups attached to an aromatic ring is 1. The largest absolute Gasteiger partial charge is 0.495 e. The van der Waals surface area contributed by atoms with E-state index in [9.17, 15) is 10.2 Å². The van der Waals surface area contributed by atoms with Gasteiger partial charge in [0.1, 0.15) is 10.8 Å². The molecule has 0 amide bonds. The van der Waals surface area contributed by atoms with Crippen molar-refractivity contribution in [1.29, 1.82) is 0 Å². The smallest absolute Gasteiger partial charge is 0.144 e. The summed E-state index contributed by atoms with van der Waals surface area (Å²) in [5, 5.41) is 20.3. The van der Waals surface area contributed by atoms with Crippen LogP contribution in [0.3, 0.4) is 0 Å². The van der Waals surface area contributed by atoms with E-state index in [0.717, 1.165) is 43.4 Å². The van der Waals surface area contributed by atoms with E-state index in [4.69, 9.17) is 15.5 Å². The van der Waals surface area contributed by atoms with Gasteiger partial charge in [-0.2, -0.15) is 0 Å². The van der Waals surface area contributed by atoms with E-state index in [1.54, 1.807) is 13.4 Å². The first kappa shape index (κ1) is 21.1. The first-order valence-electron chi connectivity index (χ1n) is 10.3. The Kier molecular flexibility index (Phi) is 5.55. The Morgan fingerprint density at radius 2 is 1.73 bits per heavy atom. The number of thiazole rings is 1. The Hall–Kier alpha value is -3.72. The first-order chi connectivity index (χ1) is 16.1. The highest BCUT2D eigenvalue weighted by Gasteiger charge is 2.18. The van der Waals surface area contributed by atoms with Crippen molar-refractivity contribution in [2.45, 2.75) is 13.2 Å². The van der Waals surface area contributed by atoms with E-state index in [1.165, 1.54) is 11.3 Å². The van der Waals surface area contributed by atoms with Crippen molar-refractivity contribution in [3.05, 3.63) is 78.2 Å². The van der Waals surface area contributed by atoms with Crippen molar-refractivity contribution in [3.8, 4) is 33.3 Å². The van der Waals surface area contributed by atoms with E-state index in [0.29, 0.717) is 16.9 Å². The van der Waals surface area contributed by atoms with Crippen LogP contribution in [0.4, 0.5) is 5.69 Å². The maximum Gasteiger partial charge on any atom is 0.144 e. The lowest BCUT2D eigenvalue weighted by Crippen LogP contribution is -1.99. The lowest BCUT2D eigenvalue weighted by atomic mass is 10.1. The maximum atomic E-state index is 9.76. The Labute approximate surface area is 194 Å². The molecule has 0 unspecified atom stereocenters. The number of aliphatic hydroxyl groups excluding tert-OH is 2. The molecule has 0 fully saturated rings. The Balaban J connectivity index is 1.52. The Morgan fingerprint density at radius 1 is 1.00 bits per heavy atom. The zero-order chi connectivity index (χ0) is 22.9. The molecular weight excluding hydrogens is 436 g/mol. The predicted molar refractivity (Wildman–Crippen MR) is 130 cm³/mol. The minimum absolute atomic E-state index is 0.189. The van der Waals surface area contributed by atoms with Gasteiger partial charge in [0, 0.05) is 28.1 Å². The Bertz CT molecular complexity index is 1420. The zero-order valence-corrected chi connectivity index (χ0v) is 18.7. The number of benzene rings is 3. The normalized spacial score (nSPS) is 11.2. The number of aromatic nitrogens is 3. The van der Waals surface area contributed by atoms with E-state index < -0.39 is 0 Å². The minimum atomic E-state index is -0.210. The summed E-state index contributed by atoms with van der Waals surface area (Å²) in [4.78, 5) is 9.08. The number of anilines is 1. The number of imidazole rings is 1. The van der Waals surface area contributed by atoms with Crippen molar-refractivity contribution in [2.75, 3.05) is 12.8 Å². The van der Waals surface area contributed by atoms with Gasteiger partial charge in [-0.15, -0.1) is 11.3 Å². The third-order valence-electron chi connectivity index (χ3n) is 5.60. The molecule has 0 saturated carbocycles. The van der Waals surface area contributed by atoms with E-state index in [1.807, 2.05) is 65.4 Å².